The van der Waals surface area contributed by atoms with E-state index < -0.39 is 4.92 Å². The number of carbonyl (C=O) groups excluding carboxylic acids is 1. The number of non-ortho nitro benzene ring substituents is 1. The van der Waals surface area contributed by atoms with Crippen LogP contribution < -0.4 is 10.2 Å². The predicted octanol–water partition coefficient (Wildman–Crippen LogP) is 3.84. The van der Waals surface area contributed by atoms with Crippen LogP contribution >= 0.6 is 34.4 Å². The normalized spacial score (nSPS) is 12.8. The van der Waals surface area contributed by atoms with Gasteiger partial charge in [-0.2, -0.15) is 0 Å². The van der Waals surface area contributed by atoms with Gasteiger partial charge in [0.05, 0.1) is 10.7 Å². The summed E-state index contributed by atoms with van der Waals surface area (Å²) in [5.41, 5.74) is 1.65. The lowest BCUT2D eigenvalue weighted by Crippen LogP contribution is -2.30. The molecule has 0 bridgehead atoms. The Bertz CT molecular complexity index is 1020. The Morgan fingerprint density at radius 2 is 2.24 bits per heavy atom. The number of thioether (sulfide) groups is 1. The van der Waals surface area contributed by atoms with Gasteiger partial charge in [0, 0.05) is 35.8 Å². The number of nitro groups is 1. The maximum atomic E-state index is 12.6. The van der Waals surface area contributed by atoms with Crippen molar-refractivity contribution in [3.05, 3.63) is 56.3 Å². The molecular weight excluding hydrogens is 430 g/mol. The van der Waals surface area contributed by atoms with Crippen LogP contribution in [0.25, 0.3) is 0 Å². The molecule has 29 heavy (non-hydrogen) atoms. The van der Waals surface area contributed by atoms with Crippen LogP contribution in [-0.2, 0) is 17.6 Å². The van der Waals surface area contributed by atoms with E-state index >= 15 is 0 Å². The molecule has 0 fully saturated rings. The Balaban J connectivity index is 1.28. The number of nitrogens with one attached hydrogen (secondary N) is 1. The summed E-state index contributed by atoms with van der Waals surface area (Å²) in [6, 6.07) is 8.79. The average molecular weight is 448 g/mol. The number of benzene rings is 1. The molecule has 1 amide bonds. The molecule has 0 radical (unpaired) electrons. The van der Waals surface area contributed by atoms with E-state index in [2.05, 4.69) is 27.0 Å². The van der Waals surface area contributed by atoms with Crippen molar-refractivity contribution in [1.29, 1.82) is 0 Å². The van der Waals surface area contributed by atoms with Gasteiger partial charge < -0.3 is 10.2 Å². The number of anilines is 2. The lowest BCUT2D eigenvalue weighted by atomic mass is 10.1. The van der Waals surface area contributed by atoms with Crippen molar-refractivity contribution in [2.75, 3.05) is 29.1 Å². The first-order valence-corrected chi connectivity index (χ1v) is 11.6. The third-order valence-corrected chi connectivity index (χ3v) is 7.36. The van der Waals surface area contributed by atoms with Crippen LogP contribution in [0.1, 0.15) is 10.4 Å². The number of fused-ring (bicyclic) bond motifs is 1. The molecule has 0 unspecified atom stereocenters. The molecule has 3 aromatic rings. The average Bonchev–Trinajstić information content (AvgIpc) is 3.46. The number of rotatable bonds is 8. The van der Waals surface area contributed by atoms with Crippen molar-refractivity contribution in [3.63, 3.8) is 0 Å². The molecule has 3 heterocycles. The summed E-state index contributed by atoms with van der Waals surface area (Å²) in [7, 11) is 0. The van der Waals surface area contributed by atoms with Crippen LogP contribution in [-0.4, -0.2) is 39.9 Å². The minimum absolute atomic E-state index is 0.0370. The summed E-state index contributed by atoms with van der Waals surface area (Å²) in [6.07, 6.45) is 1.56. The minimum Gasteiger partial charge on any atom is -0.360 e. The zero-order valence-corrected chi connectivity index (χ0v) is 17.7. The van der Waals surface area contributed by atoms with E-state index in [0.717, 1.165) is 33.7 Å². The highest BCUT2D eigenvalue weighted by Crippen LogP contribution is 2.32. The molecule has 1 N–H and O–H groups in total. The molecule has 1 aliphatic heterocycles. The quantitative estimate of drug-likeness (QED) is 0.318. The zero-order chi connectivity index (χ0) is 20.2. The largest absolute Gasteiger partial charge is 0.360 e. The number of nitrogens with zero attached hydrogens (tertiary/aromatic N) is 4. The van der Waals surface area contributed by atoms with Gasteiger partial charge in [-0.25, -0.2) is 0 Å². The van der Waals surface area contributed by atoms with Crippen LogP contribution in [0.15, 0.2) is 40.1 Å². The van der Waals surface area contributed by atoms with E-state index in [1.807, 2.05) is 6.07 Å². The Hall–Kier alpha value is -2.50. The van der Waals surface area contributed by atoms with Crippen LogP contribution in [0.5, 0.6) is 0 Å². The fraction of sp³-hybridized carbons (Fsp3) is 0.278. The van der Waals surface area contributed by atoms with Crippen LogP contribution in [0, 0.1) is 10.1 Å². The maximum Gasteiger partial charge on any atom is 0.269 e. The summed E-state index contributed by atoms with van der Waals surface area (Å²) >= 11 is 4.52. The SMILES string of the molecule is O=C(CSc1nnc(NCCc2cccs2)s1)N1CCc2cc([N+](=O)[O-])ccc21. The smallest absolute Gasteiger partial charge is 0.269 e. The molecule has 1 aromatic carbocycles. The fourth-order valence-corrected chi connectivity index (χ4v) is 5.41. The number of amides is 1. The third-order valence-electron chi connectivity index (χ3n) is 4.42. The number of nitro benzene ring substituents is 1. The summed E-state index contributed by atoms with van der Waals surface area (Å²) in [4.78, 5) is 26.1. The van der Waals surface area contributed by atoms with Gasteiger partial charge in [0.15, 0.2) is 4.34 Å². The summed E-state index contributed by atoms with van der Waals surface area (Å²) in [6.45, 7) is 1.33. The lowest BCUT2D eigenvalue weighted by Gasteiger charge is -2.16. The van der Waals surface area contributed by atoms with Crippen LogP contribution in [0.2, 0.25) is 0 Å². The predicted molar refractivity (Wildman–Crippen MR) is 116 cm³/mol. The molecule has 4 rings (SSSR count). The number of hydrogen-bond acceptors (Lipinski definition) is 9. The maximum absolute atomic E-state index is 12.6. The first-order valence-electron chi connectivity index (χ1n) is 8.90. The number of thiophene rings is 1. The number of hydrogen-bond donors (Lipinski definition) is 1. The molecule has 0 saturated carbocycles. The van der Waals surface area contributed by atoms with Gasteiger partial charge in [-0.15, -0.1) is 21.5 Å². The van der Waals surface area contributed by atoms with Gasteiger partial charge in [0.25, 0.3) is 5.69 Å². The van der Waals surface area contributed by atoms with E-state index in [9.17, 15) is 14.9 Å². The number of aromatic nitrogens is 2. The molecule has 8 nitrogen and oxygen atoms in total. The van der Waals surface area contributed by atoms with E-state index in [4.69, 9.17) is 0 Å². The molecule has 0 atom stereocenters. The fourth-order valence-electron chi connectivity index (χ4n) is 3.05. The topological polar surface area (TPSA) is 101 Å². The second-order valence-corrected chi connectivity index (χ2v) is 9.52. The standard InChI is InChI=1S/C18H17N5O3S3/c24-16(22-8-6-12-10-13(23(25)26)3-4-15(12)22)11-28-18-21-20-17(29-18)19-7-5-14-2-1-9-27-14/h1-4,9-10H,5-8,11H2,(H,19,20). The van der Waals surface area contributed by atoms with Gasteiger partial charge >= 0.3 is 0 Å². The Labute approximate surface area is 179 Å². The second-order valence-electron chi connectivity index (χ2n) is 6.28. The van der Waals surface area contributed by atoms with Crippen molar-refractivity contribution in [1.82, 2.24) is 10.2 Å². The molecule has 1 aliphatic rings. The highest BCUT2D eigenvalue weighted by molar-refractivity contribution is 8.01. The van der Waals surface area contributed by atoms with Crippen LogP contribution in [0.3, 0.4) is 0 Å². The molecule has 0 spiro atoms. The zero-order valence-electron chi connectivity index (χ0n) is 15.2. The molecule has 150 valence electrons. The van der Waals surface area contributed by atoms with E-state index in [1.165, 1.54) is 34.0 Å². The molecular formula is C18H17N5O3S3. The van der Waals surface area contributed by atoms with Crippen molar-refractivity contribution in [2.24, 2.45) is 0 Å². The highest BCUT2D eigenvalue weighted by Gasteiger charge is 2.26. The van der Waals surface area contributed by atoms with E-state index in [1.54, 1.807) is 28.4 Å². The van der Waals surface area contributed by atoms with Gasteiger partial charge in [-0.3, -0.25) is 14.9 Å². The monoisotopic (exact) mass is 447 g/mol. The summed E-state index contributed by atoms with van der Waals surface area (Å²) in [5.74, 6) is 0.213. The van der Waals surface area contributed by atoms with E-state index in [-0.39, 0.29) is 17.3 Å². The van der Waals surface area contributed by atoms with Gasteiger partial charge in [-0.05, 0) is 35.9 Å². The minimum atomic E-state index is -0.415. The second kappa shape index (κ2) is 8.89. The van der Waals surface area contributed by atoms with Gasteiger partial charge in [0.2, 0.25) is 11.0 Å². The Kier molecular flexibility index (Phi) is 6.07. The molecule has 0 saturated heterocycles. The summed E-state index contributed by atoms with van der Waals surface area (Å²) < 4.78 is 0.736. The summed E-state index contributed by atoms with van der Waals surface area (Å²) in [5, 5.41) is 25.2. The van der Waals surface area contributed by atoms with Crippen molar-refractivity contribution in [2.45, 2.75) is 17.2 Å². The first-order chi connectivity index (χ1) is 14.1. The van der Waals surface area contributed by atoms with Crippen molar-refractivity contribution in [3.8, 4) is 0 Å². The van der Waals surface area contributed by atoms with E-state index in [0.29, 0.717) is 13.0 Å². The van der Waals surface area contributed by atoms with Crippen molar-refractivity contribution >= 4 is 56.8 Å². The Morgan fingerprint density at radius 3 is 3.03 bits per heavy atom. The molecule has 11 heteroatoms. The van der Waals surface area contributed by atoms with Gasteiger partial charge in [0.1, 0.15) is 0 Å². The number of carbonyl (C=O) groups is 1. The Morgan fingerprint density at radius 1 is 1.34 bits per heavy atom. The third kappa shape index (κ3) is 4.74. The van der Waals surface area contributed by atoms with Crippen LogP contribution in [0.4, 0.5) is 16.5 Å². The highest BCUT2D eigenvalue weighted by atomic mass is 32.2. The molecule has 0 aliphatic carbocycles. The van der Waals surface area contributed by atoms with Crippen molar-refractivity contribution < 1.29 is 9.72 Å². The lowest BCUT2D eigenvalue weighted by molar-refractivity contribution is -0.384. The first kappa shape index (κ1) is 19.8. The molecule has 2 aromatic heterocycles. The van der Waals surface area contributed by atoms with Gasteiger partial charge in [-0.1, -0.05) is 29.2 Å².